The first-order chi connectivity index (χ1) is 14.7. The van der Waals surface area contributed by atoms with E-state index in [4.69, 9.17) is 5.26 Å². The van der Waals surface area contributed by atoms with Gasteiger partial charge in [-0.2, -0.15) is 5.26 Å². The number of nitrogens with one attached hydrogen (secondary N) is 1. The van der Waals surface area contributed by atoms with Crippen molar-refractivity contribution in [2.24, 2.45) is 0 Å². The fourth-order valence-electron chi connectivity index (χ4n) is 3.66. The second-order valence-corrected chi connectivity index (χ2v) is 8.92. The standard InChI is InChI=1S/C21H20FN5OS2/c22-17-9-5-4-8-16(17)19-25-26-21(27(19)15-6-2-1-3-7-15)30-13-18(28)24-20-14(12-23)10-11-29-20/h4-5,8-11,15H,1-3,6-7,13H2,(H,24,28). The number of rotatable bonds is 6. The summed E-state index contributed by atoms with van der Waals surface area (Å²) in [4.78, 5) is 12.4. The number of hydrogen-bond donors (Lipinski definition) is 1. The molecule has 0 bridgehead atoms. The van der Waals surface area contributed by atoms with Crippen molar-refractivity contribution in [3.8, 4) is 17.5 Å². The van der Waals surface area contributed by atoms with Crippen LogP contribution in [0.4, 0.5) is 9.39 Å². The lowest BCUT2D eigenvalue weighted by atomic mass is 9.95. The lowest BCUT2D eigenvalue weighted by molar-refractivity contribution is -0.113. The Morgan fingerprint density at radius 1 is 1.27 bits per heavy atom. The van der Waals surface area contributed by atoms with Crippen LogP contribution in [0.25, 0.3) is 11.4 Å². The number of amides is 1. The molecule has 1 N–H and O–H groups in total. The van der Waals surface area contributed by atoms with E-state index >= 15 is 0 Å². The van der Waals surface area contributed by atoms with Crippen molar-refractivity contribution in [1.29, 1.82) is 5.26 Å². The molecule has 0 spiro atoms. The molecule has 4 rings (SSSR count). The summed E-state index contributed by atoms with van der Waals surface area (Å²) in [5.41, 5.74) is 0.870. The lowest BCUT2D eigenvalue weighted by Crippen LogP contribution is -2.17. The van der Waals surface area contributed by atoms with E-state index in [0.717, 1.165) is 25.7 Å². The Bertz CT molecular complexity index is 1080. The number of nitrogens with zero attached hydrogens (tertiary/aromatic N) is 4. The molecule has 154 valence electrons. The number of carbonyl (C=O) groups excluding carboxylic acids is 1. The third-order valence-electron chi connectivity index (χ3n) is 5.09. The average molecular weight is 442 g/mol. The van der Waals surface area contributed by atoms with Gasteiger partial charge in [0.05, 0.1) is 16.9 Å². The van der Waals surface area contributed by atoms with Gasteiger partial charge in [-0.1, -0.05) is 43.2 Å². The smallest absolute Gasteiger partial charge is 0.235 e. The molecule has 0 atom stereocenters. The Balaban J connectivity index is 1.56. The molecule has 0 aliphatic heterocycles. The first-order valence-corrected chi connectivity index (χ1v) is 11.6. The summed E-state index contributed by atoms with van der Waals surface area (Å²) in [6, 6.07) is 10.5. The van der Waals surface area contributed by atoms with Crippen molar-refractivity contribution >= 4 is 34.0 Å². The maximum Gasteiger partial charge on any atom is 0.235 e. The van der Waals surface area contributed by atoms with Crippen molar-refractivity contribution in [3.63, 3.8) is 0 Å². The monoisotopic (exact) mass is 441 g/mol. The predicted octanol–water partition coefficient (Wildman–Crippen LogP) is 5.25. The first kappa shape index (κ1) is 20.6. The highest BCUT2D eigenvalue weighted by Gasteiger charge is 2.25. The van der Waals surface area contributed by atoms with Crippen LogP contribution in [0.3, 0.4) is 0 Å². The Hall–Kier alpha value is -2.70. The highest BCUT2D eigenvalue weighted by atomic mass is 32.2. The fraction of sp³-hybridized carbons (Fsp3) is 0.333. The van der Waals surface area contributed by atoms with E-state index in [-0.39, 0.29) is 23.5 Å². The molecule has 1 fully saturated rings. The van der Waals surface area contributed by atoms with Crippen LogP contribution in [0, 0.1) is 17.1 Å². The minimum atomic E-state index is -0.335. The van der Waals surface area contributed by atoms with Gasteiger partial charge in [0.2, 0.25) is 5.91 Å². The number of nitriles is 1. The molecule has 3 aromatic rings. The van der Waals surface area contributed by atoms with Crippen molar-refractivity contribution in [1.82, 2.24) is 14.8 Å². The molecule has 1 aliphatic rings. The molecule has 1 aromatic carbocycles. The largest absolute Gasteiger partial charge is 0.316 e. The molecule has 1 amide bonds. The number of hydrogen-bond acceptors (Lipinski definition) is 6. The van der Waals surface area contributed by atoms with E-state index in [1.165, 1.54) is 35.6 Å². The van der Waals surface area contributed by atoms with E-state index in [9.17, 15) is 9.18 Å². The number of thiophene rings is 1. The molecule has 6 nitrogen and oxygen atoms in total. The molecule has 0 radical (unpaired) electrons. The molecule has 2 aromatic heterocycles. The summed E-state index contributed by atoms with van der Waals surface area (Å²) in [5.74, 6) is 0.0840. The molecule has 0 unspecified atom stereocenters. The summed E-state index contributed by atoms with van der Waals surface area (Å²) in [7, 11) is 0. The lowest BCUT2D eigenvalue weighted by Gasteiger charge is -2.25. The van der Waals surface area contributed by atoms with Gasteiger partial charge in [0.25, 0.3) is 0 Å². The van der Waals surface area contributed by atoms with Crippen LogP contribution < -0.4 is 5.32 Å². The average Bonchev–Trinajstić information content (AvgIpc) is 3.39. The number of halogens is 1. The van der Waals surface area contributed by atoms with Crippen molar-refractivity contribution in [2.45, 2.75) is 43.3 Å². The zero-order valence-electron chi connectivity index (χ0n) is 16.2. The topological polar surface area (TPSA) is 83.6 Å². The second kappa shape index (κ2) is 9.41. The van der Waals surface area contributed by atoms with Crippen LogP contribution in [0.1, 0.15) is 43.7 Å². The van der Waals surface area contributed by atoms with Gasteiger partial charge in [-0.15, -0.1) is 21.5 Å². The number of benzene rings is 1. The quantitative estimate of drug-likeness (QED) is 0.528. The fourth-order valence-corrected chi connectivity index (χ4v) is 5.22. The Kier molecular flexibility index (Phi) is 6.45. The van der Waals surface area contributed by atoms with Gasteiger partial charge >= 0.3 is 0 Å². The molecule has 30 heavy (non-hydrogen) atoms. The van der Waals surface area contributed by atoms with Crippen molar-refractivity contribution in [2.75, 3.05) is 11.1 Å². The van der Waals surface area contributed by atoms with E-state index in [1.54, 1.807) is 29.6 Å². The molecule has 9 heteroatoms. The van der Waals surface area contributed by atoms with Gasteiger partial charge in [-0.3, -0.25) is 9.36 Å². The van der Waals surface area contributed by atoms with E-state index in [1.807, 2.05) is 4.57 Å². The Morgan fingerprint density at radius 2 is 2.07 bits per heavy atom. The maximum absolute atomic E-state index is 14.5. The highest BCUT2D eigenvalue weighted by Crippen LogP contribution is 2.36. The van der Waals surface area contributed by atoms with Crippen molar-refractivity contribution < 1.29 is 9.18 Å². The van der Waals surface area contributed by atoms with Crippen LogP contribution in [0.15, 0.2) is 40.9 Å². The SMILES string of the molecule is N#Cc1ccsc1NC(=O)CSc1nnc(-c2ccccc2F)n1C1CCCCC1. The minimum Gasteiger partial charge on any atom is -0.316 e. The van der Waals surface area contributed by atoms with E-state index < -0.39 is 0 Å². The van der Waals surface area contributed by atoms with Gasteiger partial charge in [0.15, 0.2) is 11.0 Å². The third kappa shape index (κ3) is 4.40. The Morgan fingerprint density at radius 3 is 2.83 bits per heavy atom. The minimum absolute atomic E-state index is 0.130. The summed E-state index contributed by atoms with van der Waals surface area (Å²) < 4.78 is 16.5. The molecule has 1 saturated carbocycles. The van der Waals surface area contributed by atoms with Crippen LogP contribution in [0.2, 0.25) is 0 Å². The van der Waals surface area contributed by atoms with Gasteiger partial charge in [0, 0.05) is 6.04 Å². The van der Waals surface area contributed by atoms with Crippen LogP contribution in [-0.2, 0) is 4.79 Å². The van der Waals surface area contributed by atoms with Crippen LogP contribution in [0.5, 0.6) is 0 Å². The third-order valence-corrected chi connectivity index (χ3v) is 6.86. The zero-order valence-corrected chi connectivity index (χ0v) is 17.8. The van der Waals surface area contributed by atoms with E-state index in [2.05, 4.69) is 21.6 Å². The van der Waals surface area contributed by atoms with Crippen LogP contribution >= 0.6 is 23.1 Å². The van der Waals surface area contributed by atoms with Gasteiger partial charge in [0.1, 0.15) is 16.9 Å². The predicted molar refractivity (Wildman–Crippen MR) is 116 cm³/mol. The molecule has 0 saturated heterocycles. The maximum atomic E-state index is 14.5. The summed E-state index contributed by atoms with van der Waals surface area (Å²) in [6.45, 7) is 0. The Labute approximate surface area is 182 Å². The zero-order chi connectivity index (χ0) is 20.9. The number of thioether (sulfide) groups is 1. The molecule has 2 heterocycles. The normalized spacial score (nSPS) is 14.4. The highest BCUT2D eigenvalue weighted by molar-refractivity contribution is 7.99. The van der Waals surface area contributed by atoms with Gasteiger partial charge < -0.3 is 5.32 Å². The van der Waals surface area contributed by atoms with Gasteiger partial charge in [-0.25, -0.2) is 4.39 Å². The van der Waals surface area contributed by atoms with E-state index in [0.29, 0.717) is 27.1 Å². The molecular weight excluding hydrogens is 421 g/mol. The molecule has 1 aliphatic carbocycles. The summed E-state index contributed by atoms with van der Waals surface area (Å²) in [5, 5.41) is 23.4. The molecular formula is C21H20FN5OS2. The summed E-state index contributed by atoms with van der Waals surface area (Å²) in [6.07, 6.45) is 5.39. The van der Waals surface area contributed by atoms with Crippen LogP contribution in [-0.4, -0.2) is 26.4 Å². The number of anilines is 1. The summed E-state index contributed by atoms with van der Waals surface area (Å²) >= 11 is 2.60. The van der Waals surface area contributed by atoms with Crippen molar-refractivity contribution in [3.05, 3.63) is 47.1 Å². The number of aromatic nitrogens is 3. The number of carbonyl (C=O) groups is 1. The first-order valence-electron chi connectivity index (χ1n) is 9.77. The van der Waals surface area contributed by atoms with Gasteiger partial charge in [-0.05, 0) is 36.4 Å². The second-order valence-electron chi connectivity index (χ2n) is 7.06.